The van der Waals surface area contributed by atoms with Gasteiger partial charge in [-0.3, -0.25) is 9.59 Å². The Bertz CT molecular complexity index is 924. The summed E-state index contributed by atoms with van der Waals surface area (Å²) < 4.78 is 38.6. The molecule has 2 N–H and O–H groups in total. The number of benzene rings is 2. The average Bonchev–Trinajstić information content (AvgIpc) is 2.77. The van der Waals surface area contributed by atoms with E-state index >= 15 is 0 Å². The predicted molar refractivity (Wildman–Crippen MR) is 114 cm³/mol. The highest BCUT2D eigenvalue weighted by Gasteiger charge is 2.30. The minimum absolute atomic E-state index is 0.0225. The summed E-state index contributed by atoms with van der Waals surface area (Å²) in [7, 11) is 1.82. The van der Waals surface area contributed by atoms with Gasteiger partial charge in [0.05, 0.1) is 12.1 Å². The van der Waals surface area contributed by atoms with E-state index < -0.39 is 17.6 Å². The van der Waals surface area contributed by atoms with Crippen LogP contribution in [0.1, 0.15) is 48.0 Å². The Morgan fingerprint density at radius 1 is 1.00 bits per heavy atom. The number of carbonyl (C=O) groups is 2. The Hall–Kier alpha value is -3.03. The highest BCUT2D eigenvalue weighted by Crippen LogP contribution is 2.30. The normalized spacial score (nSPS) is 14.7. The molecule has 0 spiro atoms. The molecule has 0 heterocycles. The Morgan fingerprint density at radius 2 is 1.68 bits per heavy atom. The van der Waals surface area contributed by atoms with Crippen molar-refractivity contribution in [3.8, 4) is 0 Å². The van der Waals surface area contributed by atoms with Crippen molar-refractivity contribution in [3.05, 3.63) is 59.7 Å². The summed E-state index contributed by atoms with van der Waals surface area (Å²) in [5.74, 6) is -0.556. The van der Waals surface area contributed by atoms with E-state index in [0.717, 1.165) is 37.8 Å². The Labute approximate surface area is 179 Å². The number of rotatable bonds is 6. The number of alkyl halides is 3. The van der Waals surface area contributed by atoms with E-state index in [1.54, 1.807) is 29.2 Å². The molecule has 1 fully saturated rings. The smallest absolute Gasteiger partial charge is 0.376 e. The van der Waals surface area contributed by atoms with E-state index in [2.05, 4.69) is 10.6 Å². The van der Waals surface area contributed by atoms with Crippen molar-refractivity contribution in [1.29, 1.82) is 0 Å². The molecule has 0 radical (unpaired) electrons. The number of nitrogens with zero attached hydrogens (tertiary/aromatic N) is 1. The summed E-state index contributed by atoms with van der Waals surface area (Å²) >= 11 is 0. The van der Waals surface area contributed by atoms with Crippen molar-refractivity contribution in [2.45, 2.75) is 44.3 Å². The Morgan fingerprint density at radius 3 is 2.39 bits per heavy atom. The fourth-order valence-electron chi connectivity index (χ4n) is 3.72. The molecule has 1 aliphatic rings. The summed E-state index contributed by atoms with van der Waals surface area (Å²) in [4.78, 5) is 26.8. The van der Waals surface area contributed by atoms with Crippen LogP contribution in [-0.4, -0.2) is 36.3 Å². The van der Waals surface area contributed by atoms with Crippen LogP contribution in [-0.2, 0) is 11.0 Å². The molecule has 1 saturated carbocycles. The summed E-state index contributed by atoms with van der Waals surface area (Å²) in [5, 5.41) is 5.51. The number of amides is 2. The lowest BCUT2D eigenvalue weighted by atomic mass is 9.94. The standard InChI is InChI=1S/C23H26F3N3O2/c1-29(20-11-3-2-4-12-20)21(30)15-27-18-9-5-7-16(13-18)22(31)28-19-10-6-8-17(14-19)23(24,25)26/h5-10,13-14,20,27H,2-4,11-12,15H2,1H3,(H,28,31). The van der Waals surface area contributed by atoms with E-state index in [9.17, 15) is 22.8 Å². The first-order valence-electron chi connectivity index (χ1n) is 10.3. The molecule has 0 atom stereocenters. The third-order valence-corrected chi connectivity index (χ3v) is 5.53. The largest absolute Gasteiger partial charge is 0.416 e. The van der Waals surface area contributed by atoms with E-state index in [1.807, 2.05) is 7.05 Å². The molecule has 0 saturated heterocycles. The van der Waals surface area contributed by atoms with Gasteiger partial charge in [0.1, 0.15) is 0 Å². The van der Waals surface area contributed by atoms with Gasteiger partial charge in [-0.15, -0.1) is 0 Å². The minimum atomic E-state index is -4.48. The highest BCUT2D eigenvalue weighted by molar-refractivity contribution is 6.04. The van der Waals surface area contributed by atoms with E-state index in [1.165, 1.54) is 18.6 Å². The molecule has 166 valence electrons. The van der Waals surface area contributed by atoms with Crippen LogP contribution in [0.15, 0.2) is 48.5 Å². The number of hydrogen-bond acceptors (Lipinski definition) is 3. The van der Waals surface area contributed by atoms with Crippen molar-refractivity contribution in [2.24, 2.45) is 0 Å². The summed E-state index contributed by atoms with van der Waals surface area (Å²) in [5.41, 5.74) is 0.0846. The fourth-order valence-corrected chi connectivity index (χ4v) is 3.72. The second kappa shape index (κ2) is 9.85. The average molecular weight is 433 g/mol. The van der Waals surface area contributed by atoms with Crippen LogP contribution in [0, 0.1) is 0 Å². The van der Waals surface area contributed by atoms with Crippen molar-refractivity contribution in [3.63, 3.8) is 0 Å². The maximum absolute atomic E-state index is 12.9. The molecular weight excluding hydrogens is 407 g/mol. The first-order valence-corrected chi connectivity index (χ1v) is 10.3. The van der Waals surface area contributed by atoms with Crippen LogP contribution in [0.4, 0.5) is 24.5 Å². The quantitative estimate of drug-likeness (QED) is 0.662. The lowest BCUT2D eigenvalue weighted by Crippen LogP contribution is -2.41. The SMILES string of the molecule is CN(C(=O)CNc1cccc(C(=O)Nc2cccc(C(F)(F)F)c2)c1)C1CCCCC1. The van der Waals surface area contributed by atoms with Crippen molar-refractivity contribution in [1.82, 2.24) is 4.90 Å². The van der Waals surface area contributed by atoms with Crippen molar-refractivity contribution >= 4 is 23.2 Å². The van der Waals surface area contributed by atoms with Gasteiger partial charge in [-0.2, -0.15) is 13.2 Å². The van der Waals surface area contributed by atoms with Gasteiger partial charge < -0.3 is 15.5 Å². The van der Waals surface area contributed by atoms with E-state index in [0.29, 0.717) is 5.69 Å². The van der Waals surface area contributed by atoms with Crippen LogP contribution >= 0.6 is 0 Å². The molecule has 3 rings (SSSR count). The zero-order valence-electron chi connectivity index (χ0n) is 17.3. The highest BCUT2D eigenvalue weighted by atomic mass is 19.4. The third-order valence-electron chi connectivity index (χ3n) is 5.53. The van der Waals surface area contributed by atoms with Gasteiger partial charge in [-0.25, -0.2) is 0 Å². The van der Waals surface area contributed by atoms with Crippen molar-refractivity contribution in [2.75, 3.05) is 24.2 Å². The summed E-state index contributed by atoms with van der Waals surface area (Å²) in [6.07, 6.45) is 1.05. The molecule has 5 nitrogen and oxygen atoms in total. The number of carbonyl (C=O) groups excluding carboxylic acids is 2. The van der Waals surface area contributed by atoms with Crippen LogP contribution < -0.4 is 10.6 Å². The zero-order chi connectivity index (χ0) is 22.4. The number of hydrogen-bond donors (Lipinski definition) is 2. The molecule has 31 heavy (non-hydrogen) atoms. The monoisotopic (exact) mass is 433 g/mol. The van der Waals surface area contributed by atoms with E-state index in [4.69, 9.17) is 0 Å². The van der Waals surface area contributed by atoms with Gasteiger partial charge in [0, 0.05) is 30.0 Å². The molecule has 0 aromatic heterocycles. The molecule has 0 aliphatic heterocycles. The van der Waals surface area contributed by atoms with Crippen molar-refractivity contribution < 1.29 is 22.8 Å². The van der Waals surface area contributed by atoms with Gasteiger partial charge in [-0.1, -0.05) is 31.4 Å². The number of nitrogens with one attached hydrogen (secondary N) is 2. The van der Waals surface area contributed by atoms with E-state index in [-0.39, 0.29) is 29.7 Å². The van der Waals surface area contributed by atoms with Gasteiger partial charge >= 0.3 is 6.18 Å². The first-order chi connectivity index (χ1) is 14.7. The second-order valence-corrected chi connectivity index (χ2v) is 7.76. The van der Waals surface area contributed by atoms with Gasteiger partial charge in [0.25, 0.3) is 5.91 Å². The van der Waals surface area contributed by atoms with Gasteiger partial charge in [0.15, 0.2) is 0 Å². The second-order valence-electron chi connectivity index (χ2n) is 7.76. The number of likely N-dealkylation sites (N-methyl/N-ethyl adjacent to an activating group) is 1. The summed E-state index contributed by atoms with van der Waals surface area (Å²) in [6, 6.07) is 11.3. The molecule has 1 aliphatic carbocycles. The van der Waals surface area contributed by atoms with Crippen LogP contribution in [0.25, 0.3) is 0 Å². The molecular formula is C23H26F3N3O2. The molecule has 2 amide bonds. The molecule has 2 aromatic rings. The molecule has 2 aromatic carbocycles. The van der Waals surface area contributed by atoms with Gasteiger partial charge in [0.2, 0.25) is 5.91 Å². The zero-order valence-corrected chi connectivity index (χ0v) is 17.3. The Balaban J connectivity index is 1.59. The topological polar surface area (TPSA) is 61.4 Å². The lowest BCUT2D eigenvalue weighted by molar-refractivity contribution is -0.137. The predicted octanol–water partition coefficient (Wildman–Crippen LogP) is 5.16. The molecule has 8 heteroatoms. The number of halogens is 3. The maximum atomic E-state index is 12.9. The van der Waals surface area contributed by atoms with Crippen LogP contribution in [0.3, 0.4) is 0 Å². The fraction of sp³-hybridized carbons (Fsp3) is 0.391. The van der Waals surface area contributed by atoms with Crippen LogP contribution in [0.2, 0.25) is 0 Å². The van der Waals surface area contributed by atoms with Crippen LogP contribution in [0.5, 0.6) is 0 Å². The molecule has 0 bridgehead atoms. The first kappa shape index (κ1) is 22.7. The molecule has 0 unspecified atom stereocenters. The lowest BCUT2D eigenvalue weighted by Gasteiger charge is -2.31. The Kier molecular flexibility index (Phi) is 7.20. The van der Waals surface area contributed by atoms with Gasteiger partial charge in [-0.05, 0) is 49.2 Å². The number of anilines is 2. The third kappa shape index (κ3) is 6.23. The summed E-state index contributed by atoms with van der Waals surface area (Å²) in [6.45, 7) is 0.103. The minimum Gasteiger partial charge on any atom is -0.376 e. The maximum Gasteiger partial charge on any atom is 0.416 e.